The third-order valence-corrected chi connectivity index (χ3v) is 3.21. The van der Waals surface area contributed by atoms with Crippen LogP contribution in [0.15, 0.2) is 35.1 Å². The fourth-order valence-electron chi connectivity index (χ4n) is 1.46. The number of rotatable bonds is 4. The van der Waals surface area contributed by atoms with Crippen molar-refractivity contribution < 1.29 is 4.74 Å². The van der Waals surface area contributed by atoms with Crippen molar-refractivity contribution in [1.29, 1.82) is 0 Å². The summed E-state index contributed by atoms with van der Waals surface area (Å²) in [6, 6.07) is 5.79. The summed E-state index contributed by atoms with van der Waals surface area (Å²) in [7, 11) is 0. The Morgan fingerprint density at radius 3 is 2.89 bits per heavy atom. The van der Waals surface area contributed by atoms with E-state index in [0.717, 1.165) is 22.3 Å². The zero-order valence-corrected chi connectivity index (χ0v) is 11.9. The molecule has 0 fully saturated rings. The molecule has 18 heavy (non-hydrogen) atoms. The van der Waals surface area contributed by atoms with E-state index in [2.05, 4.69) is 31.2 Å². The third kappa shape index (κ3) is 3.20. The molecule has 2 rings (SSSR count). The number of anilines is 1. The van der Waals surface area contributed by atoms with Crippen LogP contribution in [0.4, 0.5) is 5.82 Å². The van der Waals surface area contributed by atoms with Gasteiger partial charge in [0.1, 0.15) is 11.6 Å². The molecule has 1 N–H and O–H groups in total. The summed E-state index contributed by atoms with van der Waals surface area (Å²) in [6.07, 6.45) is 3.27. The average molecular weight is 308 g/mol. The van der Waals surface area contributed by atoms with Crippen molar-refractivity contribution in [3.63, 3.8) is 0 Å². The van der Waals surface area contributed by atoms with E-state index in [1.807, 2.05) is 32.0 Å². The highest BCUT2D eigenvalue weighted by Gasteiger charge is 2.03. The van der Waals surface area contributed by atoms with Crippen LogP contribution in [0.2, 0.25) is 0 Å². The largest absolute Gasteiger partial charge is 0.437 e. The molecule has 0 radical (unpaired) electrons. The van der Waals surface area contributed by atoms with E-state index in [1.54, 1.807) is 12.4 Å². The van der Waals surface area contributed by atoms with Crippen molar-refractivity contribution >= 4 is 21.7 Å². The highest BCUT2D eigenvalue weighted by atomic mass is 79.9. The number of hydrogen-bond acceptors (Lipinski definition) is 4. The molecule has 94 valence electrons. The average Bonchev–Trinajstić information content (AvgIpc) is 2.35. The van der Waals surface area contributed by atoms with Gasteiger partial charge in [-0.25, -0.2) is 0 Å². The highest BCUT2D eigenvalue weighted by molar-refractivity contribution is 9.10. The van der Waals surface area contributed by atoms with Gasteiger partial charge in [-0.1, -0.05) is 15.9 Å². The van der Waals surface area contributed by atoms with Gasteiger partial charge in [-0.05, 0) is 37.6 Å². The second kappa shape index (κ2) is 5.82. The molecule has 5 heteroatoms. The van der Waals surface area contributed by atoms with Crippen LogP contribution < -0.4 is 10.1 Å². The van der Waals surface area contributed by atoms with E-state index in [4.69, 9.17) is 4.74 Å². The predicted molar refractivity (Wildman–Crippen MR) is 75.1 cm³/mol. The Morgan fingerprint density at radius 2 is 2.17 bits per heavy atom. The Balaban J connectivity index is 2.17. The summed E-state index contributed by atoms with van der Waals surface area (Å²) >= 11 is 3.45. The first-order valence-corrected chi connectivity index (χ1v) is 6.48. The van der Waals surface area contributed by atoms with Crippen molar-refractivity contribution in [2.75, 3.05) is 11.9 Å². The summed E-state index contributed by atoms with van der Waals surface area (Å²) in [5.41, 5.74) is 1.11. The monoisotopic (exact) mass is 307 g/mol. The van der Waals surface area contributed by atoms with Gasteiger partial charge in [0.2, 0.25) is 5.88 Å². The number of aryl methyl sites for hydroxylation is 1. The minimum atomic E-state index is 0.482. The maximum absolute atomic E-state index is 5.67. The molecule has 4 nitrogen and oxygen atoms in total. The van der Waals surface area contributed by atoms with E-state index >= 15 is 0 Å². The standard InChI is InChI=1S/C13H14BrN3O/c1-3-16-12-7-15-8-13(17-12)18-10-4-5-11(14)9(2)6-10/h4-8H,3H2,1-2H3,(H,16,17). The van der Waals surface area contributed by atoms with Crippen LogP contribution in [0.5, 0.6) is 11.6 Å². The molecule has 0 aliphatic carbocycles. The lowest BCUT2D eigenvalue weighted by Crippen LogP contribution is -2.00. The van der Waals surface area contributed by atoms with Crippen LogP contribution >= 0.6 is 15.9 Å². The Labute approximate surface area is 115 Å². The lowest BCUT2D eigenvalue weighted by Gasteiger charge is -2.07. The molecule has 0 unspecified atom stereocenters. The van der Waals surface area contributed by atoms with Crippen LogP contribution in [-0.4, -0.2) is 16.5 Å². The van der Waals surface area contributed by atoms with E-state index in [1.165, 1.54) is 0 Å². The molecule has 0 saturated carbocycles. The molecule has 0 aliphatic heterocycles. The van der Waals surface area contributed by atoms with Crippen LogP contribution in [0.3, 0.4) is 0 Å². The quantitative estimate of drug-likeness (QED) is 0.934. The summed E-state index contributed by atoms with van der Waals surface area (Å²) in [6.45, 7) is 4.82. The number of benzene rings is 1. The van der Waals surface area contributed by atoms with Gasteiger partial charge < -0.3 is 10.1 Å². The maximum Gasteiger partial charge on any atom is 0.239 e. The summed E-state index contributed by atoms with van der Waals surface area (Å²) in [5, 5.41) is 3.09. The van der Waals surface area contributed by atoms with Gasteiger partial charge in [-0.2, -0.15) is 4.98 Å². The maximum atomic E-state index is 5.67. The molecule has 0 atom stereocenters. The topological polar surface area (TPSA) is 47.0 Å². The van der Waals surface area contributed by atoms with Gasteiger partial charge in [0.25, 0.3) is 0 Å². The zero-order valence-electron chi connectivity index (χ0n) is 10.3. The van der Waals surface area contributed by atoms with Crippen LogP contribution in [0.25, 0.3) is 0 Å². The molecule has 2 aromatic rings. The Bertz CT molecular complexity index is 546. The van der Waals surface area contributed by atoms with E-state index in [-0.39, 0.29) is 0 Å². The summed E-state index contributed by atoms with van der Waals surface area (Å²) in [4.78, 5) is 8.38. The smallest absolute Gasteiger partial charge is 0.239 e. The molecular formula is C13H14BrN3O. The number of ether oxygens (including phenoxy) is 1. The fraction of sp³-hybridized carbons (Fsp3) is 0.231. The normalized spacial score (nSPS) is 10.2. The number of nitrogens with one attached hydrogen (secondary N) is 1. The Morgan fingerprint density at radius 1 is 1.33 bits per heavy atom. The number of halogens is 1. The Kier molecular flexibility index (Phi) is 4.15. The van der Waals surface area contributed by atoms with Crippen molar-refractivity contribution in [2.24, 2.45) is 0 Å². The number of hydrogen-bond donors (Lipinski definition) is 1. The molecule has 0 spiro atoms. The Hall–Kier alpha value is -1.62. The van der Waals surface area contributed by atoms with Gasteiger partial charge in [-0.15, -0.1) is 0 Å². The van der Waals surface area contributed by atoms with Crippen LogP contribution in [0.1, 0.15) is 12.5 Å². The van der Waals surface area contributed by atoms with Crippen molar-refractivity contribution in [3.05, 3.63) is 40.6 Å². The molecular weight excluding hydrogens is 294 g/mol. The summed E-state index contributed by atoms with van der Waals surface area (Å²) < 4.78 is 6.72. The van der Waals surface area contributed by atoms with Crippen LogP contribution in [0, 0.1) is 6.92 Å². The fourth-order valence-corrected chi connectivity index (χ4v) is 1.71. The molecule has 0 amide bonds. The van der Waals surface area contributed by atoms with E-state index in [0.29, 0.717) is 11.7 Å². The van der Waals surface area contributed by atoms with Crippen molar-refractivity contribution in [3.8, 4) is 11.6 Å². The molecule has 0 bridgehead atoms. The zero-order chi connectivity index (χ0) is 13.0. The first kappa shape index (κ1) is 12.8. The lowest BCUT2D eigenvalue weighted by molar-refractivity contribution is 0.460. The van der Waals surface area contributed by atoms with Gasteiger partial charge >= 0.3 is 0 Å². The van der Waals surface area contributed by atoms with Gasteiger partial charge in [0.05, 0.1) is 12.4 Å². The predicted octanol–water partition coefficient (Wildman–Crippen LogP) is 3.77. The second-order valence-electron chi connectivity index (χ2n) is 3.79. The van der Waals surface area contributed by atoms with Gasteiger partial charge in [-0.3, -0.25) is 4.98 Å². The molecule has 1 heterocycles. The third-order valence-electron chi connectivity index (χ3n) is 2.32. The molecule has 1 aromatic carbocycles. The van der Waals surface area contributed by atoms with E-state index in [9.17, 15) is 0 Å². The van der Waals surface area contributed by atoms with E-state index < -0.39 is 0 Å². The van der Waals surface area contributed by atoms with Gasteiger partial charge in [0, 0.05) is 11.0 Å². The summed E-state index contributed by atoms with van der Waals surface area (Å²) in [5.74, 6) is 1.94. The molecule has 0 saturated heterocycles. The van der Waals surface area contributed by atoms with Crippen molar-refractivity contribution in [1.82, 2.24) is 9.97 Å². The van der Waals surface area contributed by atoms with Gasteiger partial charge in [0.15, 0.2) is 0 Å². The first-order valence-electron chi connectivity index (χ1n) is 5.69. The SMILES string of the molecule is CCNc1cncc(Oc2ccc(Br)c(C)c2)n1. The number of nitrogens with zero attached hydrogens (tertiary/aromatic N) is 2. The second-order valence-corrected chi connectivity index (χ2v) is 4.64. The minimum absolute atomic E-state index is 0.482. The minimum Gasteiger partial charge on any atom is -0.437 e. The molecule has 0 aliphatic rings. The first-order chi connectivity index (χ1) is 8.69. The van der Waals surface area contributed by atoms with Crippen LogP contribution in [-0.2, 0) is 0 Å². The molecule has 1 aromatic heterocycles. The van der Waals surface area contributed by atoms with Crippen molar-refractivity contribution in [2.45, 2.75) is 13.8 Å². The highest BCUT2D eigenvalue weighted by Crippen LogP contribution is 2.25. The lowest BCUT2D eigenvalue weighted by atomic mass is 10.2. The number of aromatic nitrogens is 2.